The minimum absolute atomic E-state index is 0.0557. The Hall–Kier alpha value is -2.19. The second-order valence-electron chi connectivity index (χ2n) is 3.19. The first-order chi connectivity index (χ1) is 8.45. The van der Waals surface area contributed by atoms with Gasteiger partial charge in [0.15, 0.2) is 0 Å². The smallest absolute Gasteiger partial charge is 0.207 e. The van der Waals surface area contributed by atoms with Crippen molar-refractivity contribution in [2.24, 2.45) is 5.11 Å². The molecule has 0 fully saturated rings. The van der Waals surface area contributed by atoms with Crippen LogP contribution in [0.3, 0.4) is 0 Å². The predicted octanol–water partition coefficient (Wildman–Crippen LogP) is 3.90. The van der Waals surface area contributed by atoms with Crippen molar-refractivity contribution >= 4 is 0 Å². The van der Waals surface area contributed by atoms with Crippen molar-refractivity contribution in [2.45, 2.75) is 12.6 Å². The quantitative estimate of drug-likeness (QED) is 0.193. The molecular formula is C11H7F4N3. The summed E-state index contributed by atoms with van der Waals surface area (Å²) < 4.78 is 50.5. The van der Waals surface area contributed by atoms with Crippen molar-refractivity contribution in [1.29, 1.82) is 0 Å². The molecule has 0 N–H and O–H groups in total. The highest BCUT2D eigenvalue weighted by Gasteiger charge is 2.33. The topological polar surface area (TPSA) is 48.8 Å². The SMILES string of the molecule is [N-]=[N+]=NCCC#Cc1cc(F)ccc1C(F)(F)F. The third-order valence-corrected chi connectivity index (χ3v) is 1.91. The molecule has 0 aromatic heterocycles. The normalized spacial score (nSPS) is 10.2. The summed E-state index contributed by atoms with van der Waals surface area (Å²) in [5.74, 6) is 3.83. The Morgan fingerprint density at radius 1 is 1.33 bits per heavy atom. The van der Waals surface area contributed by atoms with Crippen LogP contribution >= 0.6 is 0 Å². The van der Waals surface area contributed by atoms with Crippen molar-refractivity contribution < 1.29 is 17.6 Å². The van der Waals surface area contributed by atoms with Gasteiger partial charge < -0.3 is 0 Å². The van der Waals surface area contributed by atoms with Crippen molar-refractivity contribution in [3.05, 3.63) is 45.6 Å². The molecule has 1 aromatic carbocycles. The maximum absolute atomic E-state index is 12.9. The summed E-state index contributed by atoms with van der Waals surface area (Å²) >= 11 is 0. The van der Waals surface area contributed by atoms with Gasteiger partial charge in [-0.15, -0.1) is 0 Å². The van der Waals surface area contributed by atoms with Crippen LogP contribution in [0, 0.1) is 17.7 Å². The van der Waals surface area contributed by atoms with E-state index < -0.39 is 23.1 Å². The van der Waals surface area contributed by atoms with Crippen LogP contribution in [-0.2, 0) is 6.18 Å². The fourth-order valence-corrected chi connectivity index (χ4v) is 1.18. The molecule has 18 heavy (non-hydrogen) atoms. The first kappa shape index (κ1) is 13.9. The lowest BCUT2D eigenvalue weighted by Crippen LogP contribution is -2.07. The molecule has 0 aliphatic rings. The molecular weight excluding hydrogens is 250 g/mol. The van der Waals surface area contributed by atoms with E-state index >= 15 is 0 Å². The van der Waals surface area contributed by atoms with Crippen LogP contribution in [0.1, 0.15) is 17.5 Å². The first-order valence-corrected chi connectivity index (χ1v) is 4.81. The number of nitrogens with zero attached hydrogens (tertiary/aromatic N) is 3. The Morgan fingerprint density at radius 3 is 2.67 bits per heavy atom. The predicted molar refractivity (Wildman–Crippen MR) is 56.9 cm³/mol. The van der Waals surface area contributed by atoms with E-state index in [0.717, 1.165) is 12.1 Å². The second-order valence-corrected chi connectivity index (χ2v) is 3.19. The highest BCUT2D eigenvalue weighted by molar-refractivity contribution is 5.43. The summed E-state index contributed by atoms with van der Waals surface area (Å²) in [6.07, 6.45) is -4.47. The average molecular weight is 257 g/mol. The van der Waals surface area contributed by atoms with E-state index in [1.807, 2.05) is 0 Å². The van der Waals surface area contributed by atoms with Gasteiger partial charge in [0.1, 0.15) is 5.82 Å². The van der Waals surface area contributed by atoms with Crippen LogP contribution in [-0.4, -0.2) is 6.54 Å². The first-order valence-electron chi connectivity index (χ1n) is 4.81. The van der Waals surface area contributed by atoms with Gasteiger partial charge in [-0.25, -0.2) is 4.39 Å². The fourth-order valence-electron chi connectivity index (χ4n) is 1.18. The van der Waals surface area contributed by atoms with Crippen molar-refractivity contribution in [2.75, 3.05) is 6.54 Å². The van der Waals surface area contributed by atoms with Gasteiger partial charge in [-0.1, -0.05) is 17.0 Å². The molecule has 0 aliphatic carbocycles. The number of alkyl halides is 3. The Kier molecular flexibility index (Phi) is 4.58. The monoisotopic (exact) mass is 257 g/mol. The summed E-state index contributed by atoms with van der Waals surface area (Å²) in [6.45, 7) is 0.0557. The lowest BCUT2D eigenvalue weighted by atomic mass is 10.1. The van der Waals surface area contributed by atoms with Gasteiger partial charge in [0, 0.05) is 23.4 Å². The minimum atomic E-state index is -4.58. The zero-order valence-electron chi connectivity index (χ0n) is 9.00. The number of halogens is 4. The summed E-state index contributed by atoms with van der Waals surface area (Å²) in [5, 5.41) is 3.17. The number of hydrogen-bond donors (Lipinski definition) is 0. The third kappa shape index (κ3) is 4.00. The van der Waals surface area contributed by atoms with Gasteiger partial charge in [-0.3, -0.25) is 0 Å². The Balaban J connectivity index is 2.99. The van der Waals surface area contributed by atoms with Crippen molar-refractivity contribution in [3.8, 4) is 11.8 Å². The zero-order chi connectivity index (χ0) is 13.6. The summed E-state index contributed by atoms with van der Waals surface area (Å²) in [7, 11) is 0. The lowest BCUT2D eigenvalue weighted by Gasteiger charge is -2.08. The number of azide groups is 1. The van der Waals surface area contributed by atoms with Crippen LogP contribution in [0.25, 0.3) is 10.4 Å². The van der Waals surface area contributed by atoms with Gasteiger partial charge in [-0.05, 0) is 23.7 Å². The molecule has 0 aliphatic heterocycles. The average Bonchev–Trinajstić information content (AvgIpc) is 2.27. The molecule has 1 rings (SSSR count). The van der Waals surface area contributed by atoms with E-state index in [1.54, 1.807) is 0 Å². The highest BCUT2D eigenvalue weighted by Crippen LogP contribution is 2.31. The van der Waals surface area contributed by atoms with Gasteiger partial charge in [0.2, 0.25) is 0 Å². The Morgan fingerprint density at radius 2 is 2.06 bits per heavy atom. The second kappa shape index (κ2) is 5.94. The molecule has 0 saturated heterocycles. The van der Waals surface area contributed by atoms with Crippen molar-refractivity contribution in [1.82, 2.24) is 0 Å². The fraction of sp³-hybridized carbons (Fsp3) is 0.273. The highest BCUT2D eigenvalue weighted by atomic mass is 19.4. The maximum Gasteiger partial charge on any atom is 0.417 e. The Labute approximate surface area is 100 Å². The van der Waals surface area contributed by atoms with Crippen LogP contribution < -0.4 is 0 Å². The summed E-state index contributed by atoms with van der Waals surface area (Å²) in [4.78, 5) is 2.47. The zero-order valence-corrected chi connectivity index (χ0v) is 9.00. The molecule has 0 amide bonds. The molecule has 0 spiro atoms. The van der Waals surface area contributed by atoms with E-state index in [0.29, 0.717) is 6.07 Å². The van der Waals surface area contributed by atoms with Gasteiger partial charge >= 0.3 is 6.18 Å². The molecule has 0 heterocycles. The van der Waals surface area contributed by atoms with E-state index in [2.05, 4.69) is 21.9 Å². The van der Waals surface area contributed by atoms with Crippen molar-refractivity contribution in [3.63, 3.8) is 0 Å². The van der Waals surface area contributed by atoms with E-state index in [1.165, 1.54) is 0 Å². The standard InChI is InChI=1S/C11H7F4N3/c12-9-4-5-10(11(13,14)15)8(7-9)3-1-2-6-17-18-16/h4-5,7H,2,6H2. The largest absolute Gasteiger partial charge is 0.417 e. The molecule has 0 bridgehead atoms. The number of rotatable bonds is 2. The molecule has 7 heteroatoms. The lowest BCUT2D eigenvalue weighted by molar-refractivity contribution is -0.137. The van der Waals surface area contributed by atoms with E-state index in [4.69, 9.17) is 5.53 Å². The molecule has 0 saturated carbocycles. The molecule has 0 unspecified atom stereocenters. The third-order valence-electron chi connectivity index (χ3n) is 1.91. The Bertz CT molecular complexity index is 533. The molecule has 0 atom stereocenters. The van der Waals surface area contributed by atoms with Crippen LogP contribution in [0.15, 0.2) is 23.3 Å². The molecule has 94 valence electrons. The van der Waals surface area contributed by atoms with Gasteiger partial charge in [0.25, 0.3) is 0 Å². The van der Waals surface area contributed by atoms with E-state index in [9.17, 15) is 17.6 Å². The van der Waals surface area contributed by atoms with Crippen LogP contribution in [0.2, 0.25) is 0 Å². The maximum atomic E-state index is 12.9. The number of benzene rings is 1. The molecule has 0 radical (unpaired) electrons. The van der Waals surface area contributed by atoms with Gasteiger partial charge in [-0.2, -0.15) is 13.2 Å². The van der Waals surface area contributed by atoms with Gasteiger partial charge in [0.05, 0.1) is 5.56 Å². The summed E-state index contributed by atoms with van der Waals surface area (Å²) in [5.41, 5.74) is 6.57. The minimum Gasteiger partial charge on any atom is -0.207 e. The van der Waals surface area contributed by atoms with Crippen LogP contribution in [0.5, 0.6) is 0 Å². The summed E-state index contributed by atoms with van der Waals surface area (Å²) in [6, 6.07) is 2.10. The number of hydrogen-bond acceptors (Lipinski definition) is 1. The van der Waals surface area contributed by atoms with E-state index in [-0.39, 0.29) is 13.0 Å². The molecule has 1 aromatic rings. The van der Waals surface area contributed by atoms with Crippen LogP contribution in [0.4, 0.5) is 17.6 Å². The molecule has 3 nitrogen and oxygen atoms in total.